The minimum absolute atomic E-state index is 0.278. The van der Waals surface area contributed by atoms with Crippen LogP contribution in [0.4, 0.5) is 0 Å². The Morgan fingerprint density at radius 3 is 2.44 bits per heavy atom. The number of nitrogens with two attached hydrogens (primary N) is 1. The summed E-state index contributed by atoms with van der Waals surface area (Å²) < 4.78 is 5.66. The van der Waals surface area contributed by atoms with Crippen molar-refractivity contribution in [1.29, 1.82) is 0 Å². The summed E-state index contributed by atoms with van der Waals surface area (Å²) in [6, 6.07) is 0. The van der Waals surface area contributed by atoms with Crippen LogP contribution < -0.4 is 5.73 Å². The molecule has 0 aromatic heterocycles. The van der Waals surface area contributed by atoms with Gasteiger partial charge in [0, 0.05) is 18.7 Å². The number of likely N-dealkylation sites (tertiary alicyclic amines) is 1. The van der Waals surface area contributed by atoms with Crippen LogP contribution in [0, 0.1) is 5.92 Å². The first-order chi connectivity index (χ1) is 7.70. The average Bonchev–Trinajstić information content (AvgIpc) is 2.24. The van der Waals surface area contributed by atoms with Gasteiger partial charge in [0.05, 0.1) is 6.10 Å². The minimum Gasteiger partial charge on any atom is -0.378 e. The Bertz CT molecular complexity index is 218. The van der Waals surface area contributed by atoms with E-state index in [2.05, 4.69) is 18.7 Å². The highest BCUT2D eigenvalue weighted by molar-refractivity contribution is 5.05. The van der Waals surface area contributed by atoms with Crippen LogP contribution in [0.25, 0.3) is 0 Å². The van der Waals surface area contributed by atoms with E-state index < -0.39 is 0 Å². The molecule has 2 N–H and O–H groups in total. The number of hydrogen-bond acceptors (Lipinski definition) is 3. The Balaban J connectivity index is 1.86. The van der Waals surface area contributed by atoms with E-state index in [1.807, 2.05) is 0 Å². The average molecular weight is 226 g/mol. The van der Waals surface area contributed by atoms with Crippen LogP contribution in [0.2, 0.25) is 0 Å². The quantitative estimate of drug-likeness (QED) is 0.791. The molecule has 94 valence electrons. The zero-order chi connectivity index (χ0) is 11.6. The Morgan fingerprint density at radius 1 is 1.31 bits per heavy atom. The maximum absolute atomic E-state index is 6.00. The maximum Gasteiger partial charge on any atom is 0.0611 e. The van der Waals surface area contributed by atoms with Crippen molar-refractivity contribution in [3.63, 3.8) is 0 Å². The third-order valence-corrected chi connectivity index (χ3v) is 4.45. The van der Waals surface area contributed by atoms with E-state index in [4.69, 9.17) is 10.5 Å². The fourth-order valence-corrected chi connectivity index (χ4v) is 3.18. The molecule has 1 aliphatic carbocycles. The number of ether oxygens (including phenoxy) is 1. The highest BCUT2D eigenvalue weighted by atomic mass is 16.5. The molecule has 0 atom stereocenters. The summed E-state index contributed by atoms with van der Waals surface area (Å²) in [7, 11) is 0. The first-order valence-corrected chi connectivity index (χ1v) is 6.77. The molecule has 0 amide bonds. The van der Waals surface area contributed by atoms with Gasteiger partial charge in [-0.15, -0.1) is 0 Å². The van der Waals surface area contributed by atoms with Crippen molar-refractivity contribution < 1.29 is 4.74 Å². The lowest BCUT2D eigenvalue weighted by atomic mass is 9.71. The molecule has 1 heterocycles. The second-order valence-corrected chi connectivity index (χ2v) is 5.58. The zero-order valence-electron chi connectivity index (χ0n) is 10.7. The molecule has 0 unspecified atom stereocenters. The van der Waals surface area contributed by atoms with Gasteiger partial charge < -0.3 is 10.5 Å². The highest BCUT2D eigenvalue weighted by Crippen LogP contribution is 2.40. The second-order valence-electron chi connectivity index (χ2n) is 5.58. The Morgan fingerprint density at radius 2 is 1.94 bits per heavy atom. The molecule has 16 heavy (non-hydrogen) atoms. The molecular weight excluding hydrogens is 200 g/mol. The number of hydrogen-bond donors (Lipinski definition) is 1. The molecule has 1 aliphatic heterocycles. The van der Waals surface area contributed by atoms with E-state index >= 15 is 0 Å². The SMILES string of the molecule is CCOC1CC(CN)(N2CCC(C)CC2)C1. The van der Waals surface area contributed by atoms with Gasteiger partial charge >= 0.3 is 0 Å². The maximum atomic E-state index is 6.00. The van der Waals surface area contributed by atoms with Crippen molar-refractivity contribution >= 4 is 0 Å². The minimum atomic E-state index is 0.278. The van der Waals surface area contributed by atoms with Crippen molar-refractivity contribution in [2.24, 2.45) is 11.7 Å². The van der Waals surface area contributed by atoms with Gasteiger partial charge in [-0.1, -0.05) is 6.92 Å². The van der Waals surface area contributed by atoms with Crippen molar-refractivity contribution in [2.75, 3.05) is 26.2 Å². The Hall–Kier alpha value is -0.120. The summed E-state index contributed by atoms with van der Waals surface area (Å²) in [5.74, 6) is 0.897. The summed E-state index contributed by atoms with van der Waals surface area (Å²) in [5, 5.41) is 0. The van der Waals surface area contributed by atoms with E-state index in [0.29, 0.717) is 6.10 Å². The van der Waals surface area contributed by atoms with Crippen molar-refractivity contribution in [3.05, 3.63) is 0 Å². The van der Waals surface area contributed by atoms with Gasteiger partial charge in [0.2, 0.25) is 0 Å². The van der Waals surface area contributed by atoms with Gasteiger partial charge in [0.15, 0.2) is 0 Å². The van der Waals surface area contributed by atoms with Crippen LogP contribution in [0.3, 0.4) is 0 Å². The molecule has 2 rings (SSSR count). The molecule has 2 aliphatic rings. The third kappa shape index (κ3) is 2.27. The second kappa shape index (κ2) is 5.03. The highest BCUT2D eigenvalue weighted by Gasteiger charge is 2.48. The predicted molar refractivity (Wildman–Crippen MR) is 66.4 cm³/mol. The van der Waals surface area contributed by atoms with Crippen LogP contribution in [0.1, 0.15) is 39.5 Å². The molecule has 0 radical (unpaired) electrons. The van der Waals surface area contributed by atoms with Crippen LogP contribution in [0.15, 0.2) is 0 Å². The van der Waals surface area contributed by atoms with Gasteiger partial charge in [-0.25, -0.2) is 0 Å². The lowest BCUT2D eigenvalue weighted by molar-refractivity contribution is -0.107. The van der Waals surface area contributed by atoms with E-state index in [1.165, 1.54) is 25.9 Å². The lowest BCUT2D eigenvalue weighted by Gasteiger charge is -2.55. The van der Waals surface area contributed by atoms with Gasteiger partial charge in [0.1, 0.15) is 0 Å². The number of nitrogens with zero attached hydrogens (tertiary/aromatic N) is 1. The standard InChI is InChI=1S/C13H26N2O/c1-3-16-12-8-13(9-12,10-14)15-6-4-11(2)5-7-15/h11-12H,3-10,14H2,1-2H3. The van der Waals surface area contributed by atoms with Gasteiger partial charge in [-0.2, -0.15) is 0 Å². The molecule has 0 aromatic rings. The monoisotopic (exact) mass is 226 g/mol. The zero-order valence-corrected chi connectivity index (χ0v) is 10.7. The van der Waals surface area contributed by atoms with E-state index in [1.54, 1.807) is 0 Å². The topological polar surface area (TPSA) is 38.5 Å². The van der Waals surface area contributed by atoms with E-state index in [-0.39, 0.29) is 5.54 Å². The molecule has 2 fully saturated rings. The predicted octanol–water partition coefficient (Wildman–Crippen LogP) is 1.61. The number of rotatable bonds is 4. The fourth-order valence-electron chi connectivity index (χ4n) is 3.18. The molecule has 0 spiro atoms. The summed E-state index contributed by atoms with van der Waals surface area (Å²) in [4.78, 5) is 2.63. The molecule has 1 saturated carbocycles. The molecular formula is C13H26N2O. The first-order valence-electron chi connectivity index (χ1n) is 6.77. The van der Waals surface area contributed by atoms with Crippen LogP contribution in [-0.4, -0.2) is 42.8 Å². The van der Waals surface area contributed by atoms with Crippen LogP contribution in [-0.2, 0) is 4.74 Å². The van der Waals surface area contributed by atoms with Crippen LogP contribution in [0.5, 0.6) is 0 Å². The third-order valence-electron chi connectivity index (χ3n) is 4.45. The summed E-state index contributed by atoms with van der Waals surface area (Å²) in [6.07, 6.45) is 5.42. The van der Waals surface area contributed by atoms with Gasteiger partial charge in [0.25, 0.3) is 0 Å². The molecule has 0 aromatic carbocycles. The summed E-state index contributed by atoms with van der Waals surface area (Å²) in [5.41, 5.74) is 6.27. The van der Waals surface area contributed by atoms with Crippen molar-refractivity contribution in [1.82, 2.24) is 4.90 Å². The smallest absolute Gasteiger partial charge is 0.0611 e. The van der Waals surface area contributed by atoms with E-state index in [9.17, 15) is 0 Å². The fraction of sp³-hybridized carbons (Fsp3) is 1.00. The van der Waals surface area contributed by atoms with Gasteiger partial charge in [-0.3, -0.25) is 4.90 Å². The Kier molecular flexibility index (Phi) is 3.88. The Labute approximate surface area is 99.3 Å². The normalized spacial score (nSPS) is 37.3. The van der Waals surface area contributed by atoms with Crippen LogP contribution >= 0.6 is 0 Å². The molecule has 1 saturated heterocycles. The summed E-state index contributed by atoms with van der Waals surface area (Å²) >= 11 is 0. The van der Waals surface area contributed by atoms with Gasteiger partial charge in [-0.05, 0) is 51.6 Å². The molecule has 0 bridgehead atoms. The number of piperidine rings is 1. The van der Waals surface area contributed by atoms with Crippen molar-refractivity contribution in [2.45, 2.75) is 51.2 Å². The lowest BCUT2D eigenvalue weighted by Crippen LogP contribution is -2.65. The first kappa shape index (κ1) is 12.3. The van der Waals surface area contributed by atoms with E-state index in [0.717, 1.165) is 31.9 Å². The molecule has 3 nitrogen and oxygen atoms in total. The largest absolute Gasteiger partial charge is 0.378 e. The summed E-state index contributed by atoms with van der Waals surface area (Å²) in [6.45, 7) is 8.53. The molecule has 3 heteroatoms. The van der Waals surface area contributed by atoms with Crippen molar-refractivity contribution in [3.8, 4) is 0 Å².